The fourth-order valence-electron chi connectivity index (χ4n) is 3.51. The molecule has 35 heavy (non-hydrogen) atoms. The second kappa shape index (κ2) is 9.89. The first kappa shape index (κ1) is 23.8. The van der Waals surface area contributed by atoms with Crippen molar-refractivity contribution in [2.24, 2.45) is 0 Å². The molecule has 0 fully saturated rings. The number of amides is 2. The Labute approximate surface area is 204 Å². The van der Waals surface area contributed by atoms with E-state index in [0.29, 0.717) is 12.4 Å². The van der Waals surface area contributed by atoms with Crippen LogP contribution in [0.4, 0.5) is 5.95 Å². The normalized spacial score (nSPS) is 11.2. The molecule has 0 bridgehead atoms. The number of nitrogens with zero attached hydrogens (tertiary/aromatic N) is 4. The molecule has 0 aliphatic rings. The van der Waals surface area contributed by atoms with E-state index >= 15 is 0 Å². The van der Waals surface area contributed by atoms with Crippen molar-refractivity contribution in [1.82, 2.24) is 25.1 Å². The Morgan fingerprint density at radius 3 is 2.29 bits per heavy atom. The molecule has 2 aromatic heterocycles. The fraction of sp³-hybridized carbons (Fsp3) is 0.222. The maximum Gasteiger partial charge on any atom is 0.270 e. The molecule has 4 aromatic rings. The summed E-state index contributed by atoms with van der Waals surface area (Å²) in [5, 5.41) is 10.1. The van der Waals surface area contributed by atoms with Crippen LogP contribution in [0.15, 0.2) is 72.8 Å². The van der Waals surface area contributed by atoms with Crippen molar-refractivity contribution in [3.05, 3.63) is 95.3 Å². The van der Waals surface area contributed by atoms with E-state index in [4.69, 9.17) is 0 Å². The predicted octanol–water partition coefficient (Wildman–Crippen LogP) is 4.15. The molecule has 4 rings (SSSR count). The zero-order valence-corrected chi connectivity index (χ0v) is 20.2. The highest BCUT2D eigenvalue weighted by molar-refractivity contribution is 6.02. The van der Waals surface area contributed by atoms with Crippen LogP contribution in [-0.2, 0) is 11.3 Å². The number of anilines is 1. The molecule has 2 amide bonds. The summed E-state index contributed by atoms with van der Waals surface area (Å²) in [5.41, 5.74) is 2.82. The van der Waals surface area contributed by atoms with Crippen LogP contribution in [0.3, 0.4) is 0 Å². The highest BCUT2D eigenvalue weighted by atomic mass is 16.2. The predicted molar refractivity (Wildman–Crippen MR) is 135 cm³/mol. The Morgan fingerprint density at radius 2 is 1.60 bits per heavy atom. The quantitative estimate of drug-likeness (QED) is 0.424. The molecular formula is C27H28N6O2. The number of hydrogen-bond acceptors (Lipinski definition) is 5. The number of aryl methyl sites for hydroxylation is 2. The van der Waals surface area contributed by atoms with Crippen LogP contribution in [0.25, 0.3) is 11.4 Å². The zero-order valence-electron chi connectivity index (χ0n) is 20.2. The minimum absolute atomic E-state index is 0.164. The second-order valence-electron chi connectivity index (χ2n) is 8.97. The van der Waals surface area contributed by atoms with Gasteiger partial charge in [-0.3, -0.25) is 14.9 Å². The van der Waals surface area contributed by atoms with Gasteiger partial charge in [0.25, 0.3) is 11.8 Å². The van der Waals surface area contributed by atoms with E-state index in [0.717, 1.165) is 22.4 Å². The van der Waals surface area contributed by atoms with Gasteiger partial charge in [0.15, 0.2) is 5.82 Å². The molecule has 0 spiro atoms. The van der Waals surface area contributed by atoms with Crippen LogP contribution in [-0.4, -0.2) is 37.1 Å². The summed E-state index contributed by atoms with van der Waals surface area (Å²) < 4.78 is 1.76. The van der Waals surface area contributed by atoms with Gasteiger partial charge in [-0.15, -0.1) is 5.10 Å². The van der Waals surface area contributed by atoms with Crippen molar-refractivity contribution in [1.29, 1.82) is 0 Å². The highest BCUT2D eigenvalue weighted by Crippen LogP contribution is 2.21. The third kappa shape index (κ3) is 5.78. The molecule has 0 unspecified atom stereocenters. The van der Waals surface area contributed by atoms with Crippen molar-refractivity contribution in [3.63, 3.8) is 0 Å². The average molecular weight is 469 g/mol. The number of carbonyl (C=O) groups excluding carboxylic acids is 2. The Morgan fingerprint density at radius 1 is 0.886 bits per heavy atom. The Kier molecular flexibility index (Phi) is 6.73. The number of carbonyl (C=O) groups is 2. The molecule has 0 aliphatic carbocycles. The number of nitrogens with one attached hydrogen (secondary N) is 2. The largest absolute Gasteiger partial charge is 0.337 e. The average Bonchev–Trinajstić information content (AvgIpc) is 3.21. The molecule has 0 radical (unpaired) electrons. The molecule has 0 saturated heterocycles. The zero-order chi connectivity index (χ0) is 25.0. The lowest BCUT2D eigenvalue weighted by molar-refractivity contribution is -0.121. The topological polar surface area (TPSA) is 102 Å². The van der Waals surface area contributed by atoms with Crippen LogP contribution in [0.2, 0.25) is 0 Å². The first-order chi connectivity index (χ1) is 16.7. The van der Waals surface area contributed by atoms with Crippen molar-refractivity contribution >= 4 is 17.8 Å². The molecular weight excluding hydrogens is 440 g/mol. The summed E-state index contributed by atoms with van der Waals surface area (Å²) in [6, 6.07) is 23.0. The van der Waals surface area contributed by atoms with Gasteiger partial charge in [-0.1, -0.05) is 66.2 Å². The standard InChI is InChI=1S/C27H28N6O2/c1-18-13-15-21(16-14-18)23-29-26(32-33(23)17-20-10-6-5-7-11-20)30-25(35)27(3,4)31-24(34)22-12-8-9-19(2)28-22/h5-16H,17H2,1-4H3,(H,31,34)(H,30,32,35). The first-order valence-corrected chi connectivity index (χ1v) is 11.3. The summed E-state index contributed by atoms with van der Waals surface area (Å²) in [4.78, 5) is 34.6. The molecule has 2 heterocycles. The Bertz CT molecular complexity index is 1340. The van der Waals surface area contributed by atoms with Crippen LogP contribution >= 0.6 is 0 Å². The number of aromatic nitrogens is 4. The SMILES string of the molecule is Cc1ccc(-c2nc(NC(=O)C(C)(C)NC(=O)c3cccc(C)n3)nn2Cc2ccccc2)cc1. The highest BCUT2D eigenvalue weighted by Gasteiger charge is 2.31. The van der Waals surface area contributed by atoms with Crippen LogP contribution < -0.4 is 10.6 Å². The molecule has 8 heteroatoms. The van der Waals surface area contributed by atoms with Gasteiger partial charge >= 0.3 is 0 Å². The van der Waals surface area contributed by atoms with E-state index in [1.807, 2.05) is 61.5 Å². The third-order valence-corrected chi connectivity index (χ3v) is 5.50. The molecule has 0 aliphatic heterocycles. The van der Waals surface area contributed by atoms with E-state index in [1.54, 1.807) is 43.7 Å². The van der Waals surface area contributed by atoms with Crippen LogP contribution in [0.5, 0.6) is 0 Å². The maximum absolute atomic E-state index is 13.1. The van der Waals surface area contributed by atoms with Crippen molar-refractivity contribution in [2.75, 3.05) is 5.32 Å². The van der Waals surface area contributed by atoms with E-state index in [9.17, 15) is 9.59 Å². The number of pyridine rings is 1. The molecule has 0 atom stereocenters. The van der Waals surface area contributed by atoms with Gasteiger partial charge in [0.1, 0.15) is 11.2 Å². The number of hydrogen-bond donors (Lipinski definition) is 2. The minimum atomic E-state index is -1.22. The summed E-state index contributed by atoms with van der Waals surface area (Å²) >= 11 is 0. The van der Waals surface area contributed by atoms with Gasteiger partial charge in [0.2, 0.25) is 5.95 Å². The lowest BCUT2D eigenvalue weighted by Crippen LogP contribution is -2.52. The van der Waals surface area contributed by atoms with E-state index in [-0.39, 0.29) is 11.6 Å². The lowest BCUT2D eigenvalue weighted by Gasteiger charge is -2.24. The van der Waals surface area contributed by atoms with Gasteiger partial charge in [0, 0.05) is 11.3 Å². The first-order valence-electron chi connectivity index (χ1n) is 11.3. The van der Waals surface area contributed by atoms with Gasteiger partial charge < -0.3 is 5.32 Å². The van der Waals surface area contributed by atoms with Gasteiger partial charge in [-0.05, 0) is 45.4 Å². The van der Waals surface area contributed by atoms with Gasteiger partial charge in [-0.25, -0.2) is 9.67 Å². The molecule has 178 valence electrons. The molecule has 0 saturated carbocycles. The monoisotopic (exact) mass is 468 g/mol. The van der Waals surface area contributed by atoms with Crippen LogP contribution in [0, 0.1) is 13.8 Å². The van der Waals surface area contributed by atoms with Crippen molar-refractivity contribution in [2.45, 2.75) is 39.8 Å². The minimum Gasteiger partial charge on any atom is -0.337 e. The van der Waals surface area contributed by atoms with Crippen molar-refractivity contribution < 1.29 is 9.59 Å². The van der Waals surface area contributed by atoms with Gasteiger partial charge in [-0.2, -0.15) is 4.98 Å². The molecule has 8 nitrogen and oxygen atoms in total. The summed E-state index contributed by atoms with van der Waals surface area (Å²) in [7, 11) is 0. The van der Waals surface area contributed by atoms with Crippen molar-refractivity contribution in [3.8, 4) is 11.4 Å². The second-order valence-corrected chi connectivity index (χ2v) is 8.97. The number of benzene rings is 2. The van der Waals surface area contributed by atoms with Crippen LogP contribution in [0.1, 0.15) is 41.2 Å². The van der Waals surface area contributed by atoms with E-state index < -0.39 is 17.4 Å². The number of rotatable bonds is 7. The van der Waals surface area contributed by atoms with E-state index in [2.05, 4.69) is 25.7 Å². The van der Waals surface area contributed by atoms with E-state index in [1.165, 1.54) is 0 Å². The lowest BCUT2D eigenvalue weighted by atomic mass is 10.0. The van der Waals surface area contributed by atoms with Gasteiger partial charge in [0.05, 0.1) is 6.54 Å². The maximum atomic E-state index is 13.1. The third-order valence-electron chi connectivity index (χ3n) is 5.50. The summed E-state index contributed by atoms with van der Waals surface area (Å²) in [6.07, 6.45) is 0. The Hall–Kier alpha value is -4.33. The fourth-order valence-corrected chi connectivity index (χ4v) is 3.51. The molecule has 2 N–H and O–H groups in total. The smallest absolute Gasteiger partial charge is 0.270 e. The molecule has 2 aromatic carbocycles. The summed E-state index contributed by atoms with van der Waals surface area (Å²) in [6.45, 7) is 7.56. The Balaban J connectivity index is 1.56. The summed E-state index contributed by atoms with van der Waals surface area (Å²) in [5.74, 6) is -0.0740.